The van der Waals surface area contributed by atoms with Crippen LogP contribution in [0.25, 0.3) is 0 Å². The van der Waals surface area contributed by atoms with Gasteiger partial charge in [-0.1, -0.05) is 12.1 Å². The lowest BCUT2D eigenvalue weighted by Crippen LogP contribution is -2.37. The van der Waals surface area contributed by atoms with Crippen LogP contribution in [0.2, 0.25) is 0 Å². The molecule has 2 aliphatic heterocycles. The van der Waals surface area contributed by atoms with Gasteiger partial charge in [0, 0.05) is 12.6 Å². The largest absolute Gasteiger partial charge is 0.482 e. The first-order valence-electron chi connectivity index (χ1n) is 9.67. The number of pyridine rings is 1. The van der Waals surface area contributed by atoms with Crippen molar-refractivity contribution >= 4 is 11.7 Å². The van der Waals surface area contributed by atoms with Crippen molar-refractivity contribution in [2.24, 2.45) is 0 Å². The highest BCUT2D eigenvalue weighted by Gasteiger charge is 2.24. The molecule has 1 N–H and O–H groups in total. The summed E-state index contributed by atoms with van der Waals surface area (Å²) in [5.41, 5.74) is 1.62. The van der Waals surface area contributed by atoms with E-state index in [9.17, 15) is 9.18 Å². The number of piperidine rings is 1. The molecular formula is C21H25FN4O2. The van der Waals surface area contributed by atoms with Crippen LogP contribution in [-0.2, 0) is 17.9 Å². The molecule has 0 atom stereocenters. The maximum absolute atomic E-state index is 13.1. The molecule has 28 heavy (non-hydrogen) atoms. The van der Waals surface area contributed by atoms with E-state index in [1.165, 1.54) is 12.1 Å². The first-order chi connectivity index (χ1) is 13.6. The SMILES string of the molecule is CN1CCC(Nc2ccc3c(n2)CN(Cc2ccc(F)cc2)C(=O)CO3)CC1. The number of hydrogen-bond acceptors (Lipinski definition) is 5. The molecule has 1 aromatic heterocycles. The molecule has 3 heterocycles. The number of anilines is 1. The predicted octanol–water partition coefficient (Wildman–Crippen LogP) is 2.65. The van der Waals surface area contributed by atoms with Gasteiger partial charge in [0.05, 0.1) is 6.54 Å². The van der Waals surface area contributed by atoms with Crippen molar-refractivity contribution in [3.63, 3.8) is 0 Å². The van der Waals surface area contributed by atoms with Crippen LogP contribution in [0.5, 0.6) is 5.75 Å². The Bertz CT molecular complexity index is 835. The van der Waals surface area contributed by atoms with Crippen molar-refractivity contribution in [1.82, 2.24) is 14.8 Å². The van der Waals surface area contributed by atoms with Gasteiger partial charge in [0.15, 0.2) is 6.61 Å². The van der Waals surface area contributed by atoms with Gasteiger partial charge in [-0.05, 0) is 62.8 Å². The molecular weight excluding hydrogens is 359 g/mol. The maximum Gasteiger partial charge on any atom is 0.261 e. The van der Waals surface area contributed by atoms with Crippen molar-refractivity contribution < 1.29 is 13.9 Å². The summed E-state index contributed by atoms with van der Waals surface area (Å²) in [4.78, 5) is 21.2. The summed E-state index contributed by atoms with van der Waals surface area (Å²) >= 11 is 0. The summed E-state index contributed by atoms with van der Waals surface area (Å²) < 4.78 is 18.8. The van der Waals surface area contributed by atoms with E-state index in [4.69, 9.17) is 9.72 Å². The van der Waals surface area contributed by atoms with E-state index in [0.29, 0.717) is 24.9 Å². The molecule has 7 heteroatoms. The van der Waals surface area contributed by atoms with Crippen LogP contribution in [0.1, 0.15) is 24.1 Å². The van der Waals surface area contributed by atoms with Crippen LogP contribution in [0.3, 0.4) is 0 Å². The zero-order valence-corrected chi connectivity index (χ0v) is 16.0. The molecule has 0 bridgehead atoms. The quantitative estimate of drug-likeness (QED) is 0.878. The average Bonchev–Trinajstić information content (AvgIpc) is 2.84. The summed E-state index contributed by atoms with van der Waals surface area (Å²) in [5.74, 6) is 1.06. The number of rotatable bonds is 4. The van der Waals surface area contributed by atoms with E-state index in [2.05, 4.69) is 17.3 Å². The summed E-state index contributed by atoms with van der Waals surface area (Å²) in [6.45, 7) is 2.90. The minimum atomic E-state index is -0.286. The highest BCUT2D eigenvalue weighted by atomic mass is 19.1. The van der Waals surface area contributed by atoms with E-state index in [0.717, 1.165) is 43.0 Å². The fourth-order valence-corrected chi connectivity index (χ4v) is 3.63. The standard InChI is InChI=1S/C21H25FN4O2/c1-25-10-8-17(9-11-25)23-20-7-6-19-18(24-20)13-26(21(27)14-28-19)12-15-2-4-16(22)5-3-15/h2-7,17H,8-14H2,1H3,(H,23,24). The molecule has 6 nitrogen and oxygen atoms in total. The molecule has 1 amide bonds. The lowest BCUT2D eigenvalue weighted by atomic mass is 10.1. The van der Waals surface area contributed by atoms with Crippen LogP contribution in [0.15, 0.2) is 36.4 Å². The molecule has 0 spiro atoms. The normalized spacial score (nSPS) is 18.4. The van der Waals surface area contributed by atoms with E-state index in [1.54, 1.807) is 17.0 Å². The third kappa shape index (κ3) is 4.42. The molecule has 1 aromatic carbocycles. The highest BCUT2D eigenvalue weighted by Crippen LogP contribution is 2.25. The summed E-state index contributed by atoms with van der Waals surface area (Å²) in [5, 5.41) is 3.52. The number of fused-ring (bicyclic) bond motifs is 1. The van der Waals surface area contributed by atoms with Crippen molar-refractivity contribution in [2.45, 2.75) is 32.0 Å². The highest BCUT2D eigenvalue weighted by molar-refractivity contribution is 5.78. The number of carbonyl (C=O) groups is 1. The molecule has 0 unspecified atom stereocenters. The van der Waals surface area contributed by atoms with Gasteiger partial charge >= 0.3 is 0 Å². The van der Waals surface area contributed by atoms with Crippen molar-refractivity contribution in [3.8, 4) is 5.75 Å². The van der Waals surface area contributed by atoms with Gasteiger partial charge in [-0.3, -0.25) is 4.79 Å². The third-order valence-electron chi connectivity index (χ3n) is 5.33. The Hall–Kier alpha value is -2.67. The van der Waals surface area contributed by atoms with Gasteiger partial charge in [-0.25, -0.2) is 9.37 Å². The van der Waals surface area contributed by atoms with Gasteiger partial charge in [0.25, 0.3) is 5.91 Å². The fourth-order valence-electron chi connectivity index (χ4n) is 3.63. The Morgan fingerprint density at radius 2 is 1.93 bits per heavy atom. The van der Waals surface area contributed by atoms with Crippen molar-refractivity contribution in [1.29, 1.82) is 0 Å². The molecule has 2 aromatic rings. The lowest BCUT2D eigenvalue weighted by molar-refractivity contribution is -0.133. The predicted molar refractivity (Wildman–Crippen MR) is 105 cm³/mol. The number of aromatic nitrogens is 1. The summed E-state index contributed by atoms with van der Waals surface area (Å²) in [7, 11) is 2.14. The van der Waals surface area contributed by atoms with Crippen LogP contribution < -0.4 is 10.1 Å². The van der Waals surface area contributed by atoms with E-state index in [-0.39, 0.29) is 18.3 Å². The van der Waals surface area contributed by atoms with Gasteiger partial charge in [-0.2, -0.15) is 0 Å². The van der Waals surface area contributed by atoms with Crippen molar-refractivity contribution in [3.05, 3.63) is 53.5 Å². The van der Waals surface area contributed by atoms with Gasteiger partial charge < -0.3 is 19.9 Å². The van der Waals surface area contributed by atoms with Crippen molar-refractivity contribution in [2.75, 3.05) is 32.1 Å². The van der Waals surface area contributed by atoms with Crippen LogP contribution >= 0.6 is 0 Å². The Labute approximate surface area is 164 Å². The van der Waals surface area contributed by atoms with E-state index in [1.807, 2.05) is 12.1 Å². The molecule has 4 rings (SSSR count). The smallest absolute Gasteiger partial charge is 0.261 e. The molecule has 0 radical (unpaired) electrons. The second-order valence-corrected chi connectivity index (χ2v) is 7.53. The number of ether oxygens (including phenoxy) is 1. The maximum atomic E-state index is 13.1. The Kier molecular flexibility index (Phi) is 5.43. The monoisotopic (exact) mass is 384 g/mol. The number of carbonyl (C=O) groups excluding carboxylic acids is 1. The fraction of sp³-hybridized carbons (Fsp3) is 0.429. The van der Waals surface area contributed by atoms with Crippen LogP contribution in [-0.4, -0.2) is 53.5 Å². The van der Waals surface area contributed by atoms with E-state index >= 15 is 0 Å². The Morgan fingerprint density at radius 1 is 1.18 bits per heavy atom. The number of benzene rings is 1. The Balaban J connectivity index is 1.48. The van der Waals surface area contributed by atoms with Gasteiger partial charge in [0.1, 0.15) is 23.1 Å². The second kappa shape index (κ2) is 8.14. The molecule has 148 valence electrons. The number of halogens is 1. The molecule has 2 aliphatic rings. The number of amides is 1. The first-order valence-corrected chi connectivity index (χ1v) is 9.67. The van der Waals surface area contributed by atoms with E-state index < -0.39 is 0 Å². The average molecular weight is 384 g/mol. The Morgan fingerprint density at radius 3 is 2.68 bits per heavy atom. The first kappa shape index (κ1) is 18.7. The minimum absolute atomic E-state index is 0.0163. The summed E-state index contributed by atoms with van der Waals surface area (Å²) in [6, 6.07) is 10.4. The van der Waals surface area contributed by atoms with Gasteiger partial charge in [0.2, 0.25) is 0 Å². The van der Waals surface area contributed by atoms with Crippen LogP contribution in [0.4, 0.5) is 10.2 Å². The van der Waals surface area contributed by atoms with Gasteiger partial charge in [-0.15, -0.1) is 0 Å². The molecule has 1 fully saturated rings. The number of nitrogens with zero attached hydrogens (tertiary/aromatic N) is 3. The molecule has 0 aliphatic carbocycles. The van der Waals surface area contributed by atoms with Crippen LogP contribution in [0, 0.1) is 5.82 Å². The zero-order valence-electron chi connectivity index (χ0n) is 16.0. The second-order valence-electron chi connectivity index (χ2n) is 7.53. The number of nitrogens with one attached hydrogen (secondary N) is 1. The number of likely N-dealkylation sites (tertiary alicyclic amines) is 1. The molecule has 0 saturated carbocycles. The number of hydrogen-bond donors (Lipinski definition) is 1. The third-order valence-corrected chi connectivity index (χ3v) is 5.33. The summed E-state index contributed by atoms with van der Waals surface area (Å²) in [6.07, 6.45) is 2.17. The lowest BCUT2D eigenvalue weighted by Gasteiger charge is -2.30. The topological polar surface area (TPSA) is 57.7 Å². The zero-order chi connectivity index (χ0) is 19.5. The molecule has 1 saturated heterocycles. The minimum Gasteiger partial charge on any atom is -0.482 e.